The van der Waals surface area contributed by atoms with E-state index in [1.807, 2.05) is 36.0 Å². The van der Waals surface area contributed by atoms with Gasteiger partial charge in [-0.3, -0.25) is 4.79 Å². The molecule has 2 heterocycles. The number of nitrogens with one attached hydrogen (secondary N) is 1. The number of ether oxygens (including phenoxy) is 1. The summed E-state index contributed by atoms with van der Waals surface area (Å²) >= 11 is 1.81. The van der Waals surface area contributed by atoms with Crippen LogP contribution in [0.25, 0.3) is 11.0 Å². The Labute approximate surface area is 128 Å². The Bertz CT molecular complexity index is 598. The first-order valence-corrected chi connectivity index (χ1v) is 8.35. The molecule has 112 valence electrons. The summed E-state index contributed by atoms with van der Waals surface area (Å²) in [5.74, 6) is 0.227. The first-order chi connectivity index (χ1) is 10.2. The molecule has 1 amide bonds. The lowest BCUT2D eigenvalue weighted by atomic mass is 9.99. The van der Waals surface area contributed by atoms with Crippen LogP contribution in [0.1, 0.15) is 23.4 Å². The number of amides is 1. The fourth-order valence-corrected chi connectivity index (χ4v) is 3.41. The van der Waals surface area contributed by atoms with E-state index in [1.165, 1.54) is 0 Å². The van der Waals surface area contributed by atoms with Crippen LogP contribution in [-0.4, -0.2) is 36.7 Å². The number of fused-ring (bicyclic) bond motifs is 1. The van der Waals surface area contributed by atoms with Crippen LogP contribution in [0.4, 0.5) is 0 Å². The van der Waals surface area contributed by atoms with Gasteiger partial charge in [0.15, 0.2) is 5.76 Å². The van der Waals surface area contributed by atoms with Crippen LogP contribution in [0.5, 0.6) is 0 Å². The third kappa shape index (κ3) is 3.09. The summed E-state index contributed by atoms with van der Waals surface area (Å²) in [6.07, 6.45) is 4.03. The van der Waals surface area contributed by atoms with Gasteiger partial charge in [0.05, 0.1) is 0 Å². The number of thioether (sulfide) groups is 1. The van der Waals surface area contributed by atoms with E-state index < -0.39 is 0 Å². The van der Waals surface area contributed by atoms with E-state index in [-0.39, 0.29) is 10.7 Å². The molecule has 0 saturated carbocycles. The predicted octanol–water partition coefficient (Wildman–Crippen LogP) is 3.07. The van der Waals surface area contributed by atoms with Crippen molar-refractivity contribution in [2.75, 3.05) is 26.0 Å². The minimum Gasteiger partial charge on any atom is -0.451 e. The molecule has 0 spiro atoms. The standard InChI is InChI=1S/C16H19NO3S/c1-21-16(6-8-19-9-7-16)11-17-15(18)14-10-12-4-2-3-5-13(12)20-14/h2-5,10H,6-9,11H2,1H3,(H,17,18). The van der Waals surface area contributed by atoms with E-state index in [0.29, 0.717) is 12.3 Å². The quantitative estimate of drug-likeness (QED) is 0.943. The highest BCUT2D eigenvalue weighted by molar-refractivity contribution is 8.00. The van der Waals surface area contributed by atoms with E-state index in [4.69, 9.17) is 9.15 Å². The van der Waals surface area contributed by atoms with Crippen molar-refractivity contribution in [3.8, 4) is 0 Å². The monoisotopic (exact) mass is 305 g/mol. The second-order valence-electron chi connectivity index (χ2n) is 5.33. The lowest BCUT2D eigenvalue weighted by Crippen LogP contribution is -2.44. The smallest absolute Gasteiger partial charge is 0.287 e. The van der Waals surface area contributed by atoms with Crippen LogP contribution >= 0.6 is 11.8 Å². The van der Waals surface area contributed by atoms with Crippen LogP contribution in [0, 0.1) is 0 Å². The Balaban J connectivity index is 1.68. The molecule has 0 atom stereocenters. The number of carbonyl (C=O) groups is 1. The van der Waals surface area contributed by atoms with Crippen molar-refractivity contribution in [2.45, 2.75) is 17.6 Å². The van der Waals surface area contributed by atoms with Crippen LogP contribution in [0.3, 0.4) is 0 Å². The van der Waals surface area contributed by atoms with Gasteiger partial charge in [-0.05, 0) is 31.2 Å². The van der Waals surface area contributed by atoms with E-state index in [2.05, 4.69) is 11.6 Å². The average molecular weight is 305 g/mol. The number of hydrogen-bond donors (Lipinski definition) is 1. The van der Waals surface area contributed by atoms with Gasteiger partial charge in [-0.25, -0.2) is 0 Å². The molecule has 4 nitrogen and oxygen atoms in total. The summed E-state index contributed by atoms with van der Waals surface area (Å²) in [4.78, 5) is 12.3. The number of furan rings is 1. The molecule has 0 unspecified atom stereocenters. The van der Waals surface area contributed by atoms with E-state index in [1.54, 1.807) is 6.07 Å². The maximum absolute atomic E-state index is 12.3. The van der Waals surface area contributed by atoms with Gasteiger partial charge in [-0.2, -0.15) is 11.8 Å². The maximum atomic E-state index is 12.3. The summed E-state index contributed by atoms with van der Waals surface area (Å²) in [6.45, 7) is 2.18. The Hall–Kier alpha value is -1.46. The van der Waals surface area contributed by atoms with Crippen molar-refractivity contribution >= 4 is 28.6 Å². The molecule has 21 heavy (non-hydrogen) atoms. The van der Waals surface area contributed by atoms with Crippen LogP contribution < -0.4 is 5.32 Å². The molecule has 3 rings (SSSR count). The Morgan fingerprint density at radius 2 is 2.10 bits per heavy atom. The third-order valence-corrected chi connectivity index (χ3v) is 5.48. The molecule has 2 aromatic rings. The minimum absolute atomic E-state index is 0.0833. The summed E-state index contributed by atoms with van der Waals surface area (Å²) in [5.41, 5.74) is 0.744. The second-order valence-corrected chi connectivity index (χ2v) is 6.60. The molecule has 0 aliphatic carbocycles. The van der Waals surface area contributed by atoms with Crippen molar-refractivity contribution in [1.29, 1.82) is 0 Å². The summed E-state index contributed by atoms with van der Waals surface area (Å²) in [6, 6.07) is 9.44. The van der Waals surface area contributed by atoms with Gasteiger partial charge in [0, 0.05) is 29.9 Å². The van der Waals surface area contributed by atoms with Gasteiger partial charge in [0.2, 0.25) is 0 Å². The Morgan fingerprint density at radius 1 is 1.33 bits per heavy atom. The maximum Gasteiger partial charge on any atom is 0.287 e. The first-order valence-electron chi connectivity index (χ1n) is 7.12. The third-order valence-electron chi connectivity index (χ3n) is 4.06. The minimum atomic E-state index is -0.147. The van der Waals surface area contributed by atoms with Crippen molar-refractivity contribution in [1.82, 2.24) is 5.32 Å². The summed E-state index contributed by atoms with van der Waals surface area (Å²) in [7, 11) is 0. The van der Waals surface area contributed by atoms with Gasteiger partial charge in [-0.15, -0.1) is 0 Å². The van der Waals surface area contributed by atoms with Gasteiger partial charge in [-0.1, -0.05) is 18.2 Å². The predicted molar refractivity (Wildman–Crippen MR) is 84.8 cm³/mol. The highest BCUT2D eigenvalue weighted by atomic mass is 32.2. The molecular weight excluding hydrogens is 286 g/mol. The second kappa shape index (κ2) is 6.12. The molecule has 1 N–H and O–H groups in total. The first kappa shape index (κ1) is 14.5. The normalized spacial score (nSPS) is 17.8. The molecule has 5 heteroatoms. The molecular formula is C16H19NO3S. The van der Waals surface area contributed by atoms with Crippen molar-refractivity contribution in [2.24, 2.45) is 0 Å². The highest BCUT2D eigenvalue weighted by Crippen LogP contribution is 2.33. The molecule has 1 aliphatic rings. The molecule has 1 saturated heterocycles. The fourth-order valence-electron chi connectivity index (χ4n) is 2.62. The van der Waals surface area contributed by atoms with E-state index >= 15 is 0 Å². The van der Waals surface area contributed by atoms with Crippen LogP contribution in [0.2, 0.25) is 0 Å². The van der Waals surface area contributed by atoms with Crippen molar-refractivity contribution in [3.05, 3.63) is 36.1 Å². The lowest BCUT2D eigenvalue weighted by molar-refractivity contribution is 0.0736. The zero-order valence-corrected chi connectivity index (χ0v) is 12.9. The zero-order chi connectivity index (χ0) is 14.7. The number of hydrogen-bond acceptors (Lipinski definition) is 4. The number of rotatable bonds is 4. The summed E-state index contributed by atoms with van der Waals surface area (Å²) < 4.78 is 11.1. The highest BCUT2D eigenvalue weighted by Gasteiger charge is 2.32. The fraction of sp³-hybridized carbons (Fsp3) is 0.438. The van der Waals surface area contributed by atoms with Gasteiger partial charge < -0.3 is 14.5 Å². The zero-order valence-electron chi connectivity index (χ0n) is 12.1. The lowest BCUT2D eigenvalue weighted by Gasteiger charge is -2.35. The molecule has 0 bridgehead atoms. The summed E-state index contributed by atoms with van der Waals surface area (Å²) in [5, 5.41) is 3.96. The topological polar surface area (TPSA) is 51.5 Å². The van der Waals surface area contributed by atoms with Crippen LogP contribution in [0.15, 0.2) is 34.7 Å². The van der Waals surface area contributed by atoms with Crippen molar-refractivity contribution < 1.29 is 13.9 Å². The molecule has 1 aromatic carbocycles. The Morgan fingerprint density at radius 3 is 2.81 bits per heavy atom. The molecule has 1 aromatic heterocycles. The van der Waals surface area contributed by atoms with E-state index in [0.717, 1.165) is 37.0 Å². The SMILES string of the molecule is CSC1(CNC(=O)c2cc3ccccc3o2)CCOCC1. The van der Waals surface area contributed by atoms with Gasteiger partial charge in [0.25, 0.3) is 5.91 Å². The van der Waals surface area contributed by atoms with E-state index in [9.17, 15) is 4.79 Å². The van der Waals surface area contributed by atoms with Crippen LogP contribution in [-0.2, 0) is 4.74 Å². The molecule has 0 radical (unpaired) electrons. The number of benzene rings is 1. The molecule has 1 aliphatic heterocycles. The largest absolute Gasteiger partial charge is 0.451 e. The average Bonchev–Trinajstić information content (AvgIpc) is 2.97. The van der Waals surface area contributed by atoms with Gasteiger partial charge in [0.1, 0.15) is 5.58 Å². The number of carbonyl (C=O) groups excluding carboxylic acids is 1. The van der Waals surface area contributed by atoms with Crippen molar-refractivity contribution in [3.63, 3.8) is 0 Å². The van der Waals surface area contributed by atoms with Gasteiger partial charge >= 0.3 is 0 Å². The molecule has 1 fully saturated rings. The number of para-hydroxylation sites is 1. The Kier molecular flexibility index (Phi) is 4.22.